The maximum atomic E-state index is 12.5. The third-order valence-corrected chi connectivity index (χ3v) is 4.91. The Morgan fingerprint density at radius 1 is 1.32 bits per heavy atom. The van der Waals surface area contributed by atoms with Crippen molar-refractivity contribution < 1.29 is 23.9 Å². The number of rotatable bonds is 3. The van der Waals surface area contributed by atoms with Crippen LogP contribution in [0.1, 0.15) is 23.3 Å². The monoisotopic (exact) mass is 411 g/mol. The van der Waals surface area contributed by atoms with Crippen molar-refractivity contribution in [2.24, 2.45) is 0 Å². The second-order valence-electron chi connectivity index (χ2n) is 5.89. The summed E-state index contributed by atoms with van der Waals surface area (Å²) in [6, 6.07) is 4.33. The molecule has 9 heteroatoms. The molecule has 1 atom stereocenters. The fourth-order valence-corrected chi connectivity index (χ4v) is 3.53. The highest BCUT2D eigenvalue weighted by Gasteiger charge is 2.44. The van der Waals surface area contributed by atoms with E-state index in [0.29, 0.717) is 36.2 Å². The van der Waals surface area contributed by atoms with Crippen LogP contribution in [0.3, 0.4) is 0 Å². The summed E-state index contributed by atoms with van der Waals surface area (Å²) in [4.78, 5) is 43.7. The van der Waals surface area contributed by atoms with Crippen LogP contribution in [0, 0.1) is 0 Å². The van der Waals surface area contributed by atoms with Gasteiger partial charge < -0.3 is 14.4 Å². The average Bonchev–Trinajstić information content (AvgIpc) is 3.02. The lowest BCUT2D eigenvalue weighted by molar-refractivity contribution is -0.145. The second-order valence-corrected chi connectivity index (χ2v) is 6.70. The molecule has 0 spiro atoms. The van der Waals surface area contributed by atoms with Gasteiger partial charge in [-0.2, -0.15) is 0 Å². The van der Waals surface area contributed by atoms with Crippen LogP contribution in [0.2, 0.25) is 0 Å². The standard InChI is InChI=1S/C16H18BrN3O5/c1-24-15(22)12-9-25-16(23)20(12)10-5-7-19(8-6-10)14(21)11-3-2-4-13(17)18-11/h2-4,10,12H,5-9H2,1H3/t12-/m1/s1. The van der Waals surface area contributed by atoms with Gasteiger partial charge in [-0.1, -0.05) is 6.07 Å². The SMILES string of the molecule is COC(=O)[C@H]1COC(=O)N1C1CCN(C(=O)c2cccc(Br)n2)CC1. The van der Waals surface area contributed by atoms with Crippen LogP contribution in [-0.2, 0) is 14.3 Å². The molecule has 2 amide bonds. The topological polar surface area (TPSA) is 89.0 Å². The number of cyclic esters (lactones) is 1. The first kappa shape index (κ1) is 17.7. The molecule has 2 fully saturated rings. The van der Waals surface area contributed by atoms with Gasteiger partial charge in [-0.15, -0.1) is 0 Å². The summed E-state index contributed by atoms with van der Waals surface area (Å²) in [6.45, 7) is 0.970. The molecule has 2 aliphatic heterocycles. The van der Waals surface area contributed by atoms with E-state index in [9.17, 15) is 14.4 Å². The zero-order chi connectivity index (χ0) is 18.0. The molecule has 1 aromatic heterocycles. The van der Waals surface area contributed by atoms with Crippen molar-refractivity contribution in [1.82, 2.24) is 14.8 Å². The van der Waals surface area contributed by atoms with Gasteiger partial charge >= 0.3 is 12.1 Å². The van der Waals surface area contributed by atoms with E-state index in [1.807, 2.05) is 0 Å². The van der Waals surface area contributed by atoms with E-state index in [4.69, 9.17) is 9.47 Å². The van der Waals surface area contributed by atoms with Crippen LogP contribution in [0.25, 0.3) is 0 Å². The zero-order valence-corrected chi connectivity index (χ0v) is 15.3. The van der Waals surface area contributed by atoms with Gasteiger partial charge in [0, 0.05) is 19.1 Å². The van der Waals surface area contributed by atoms with E-state index >= 15 is 0 Å². The number of nitrogens with zero attached hydrogens (tertiary/aromatic N) is 3. The van der Waals surface area contributed by atoms with Gasteiger partial charge in [0.25, 0.3) is 5.91 Å². The molecule has 8 nitrogen and oxygen atoms in total. The Morgan fingerprint density at radius 2 is 2.04 bits per heavy atom. The van der Waals surface area contributed by atoms with Gasteiger partial charge in [0.05, 0.1) is 7.11 Å². The summed E-state index contributed by atoms with van der Waals surface area (Å²) >= 11 is 3.26. The van der Waals surface area contributed by atoms with Gasteiger partial charge in [-0.25, -0.2) is 14.6 Å². The number of likely N-dealkylation sites (tertiary alicyclic amines) is 1. The van der Waals surface area contributed by atoms with Crippen molar-refractivity contribution in [3.63, 3.8) is 0 Å². The number of hydrogen-bond acceptors (Lipinski definition) is 6. The highest BCUT2D eigenvalue weighted by molar-refractivity contribution is 9.10. The predicted octanol–water partition coefficient (Wildman–Crippen LogP) is 1.44. The summed E-state index contributed by atoms with van der Waals surface area (Å²) in [5.74, 6) is -0.629. The number of ether oxygens (including phenoxy) is 2. The normalized spacial score (nSPS) is 21.2. The predicted molar refractivity (Wildman–Crippen MR) is 89.9 cm³/mol. The van der Waals surface area contributed by atoms with Crippen molar-refractivity contribution in [3.05, 3.63) is 28.5 Å². The summed E-state index contributed by atoms with van der Waals surface area (Å²) in [7, 11) is 1.29. The lowest BCUT2D eigenvalue weighted by Gasteiger charge is -2.37. The zero-order valence-electron chi connectivity index (χ0n) is 13.7. The molecule has 0 aromatic carbocycles. The van der Waals surface area contributed by atoms with Crippen LogP contribution in [-0.4, -0.2) is 71.6 Å². The molecule has 0 unspecified atom stereocenters. The average molecular weight is 412 g/mol. The molecule has 0 radical (unpaired) electrons. The minimum Gasteiger partial charge on any atom is -0.467 e. The molecule has 2 aliphatic rings. The highest BCUT2D eigenvalue weighted by Crippen LogP contribution is 2.25. The van der Waals surface area contributed by atoms with Crippen LogP contribution in [0.15, 0.2) is 22.8 Å². The summed E-state index contributed by atoms with van der Waals surface area (Å²) in [6.07, 6.45) is 0.638. The van der Waals surface area contributed by atoms with Crippen molar-refractivity contribution >= 4 is 33.9 Å². The lowest BCUT2D eigenvalue weighted by atomic mass is 10.0. The Balaban J connectivity index is 1.64. The van der Waals surface area contributed by atoms with E-state index in [1.165, 1.54) is 12.0 Å². The largest absolute Gasteiger partial charge is 0.467 e. The molecule has 1 aromatic rings. The maximum absolute atomic E-state index is 12.5. The van der Waals surface area contributed by atoms with Crippen LogP contribution in [0.5, 0.6) is 0 Å². The Bertz CT molecular complexity index is 690. The van der Waals surface area contributed by atoms with Gasteiger partial charge in [-0.05, 0) is 40.9 Å². The van der Waals surface area contributed by atoms with E-state index in [2.05, 4.69) is 20.9 Å². The molecular weight excluding hydrogens is 394 g/mol. The first-order valence-electron chi connectivity index (χ1n) is 7.96. The second kappa shape index (κ2) is 7.38. The summed E-state index contributed by atoms with van der Waals surface area (Å²) in [5.41, 5.74) is 0.376. The van der Waals surface area contributed by atoms with Gasteiger partial charge in [0.1, 0.15) is 16.9 Å². The number of halogens is 1. The number of hydrogen-bond donors (Lipinski definition) is 0. The van der Waals surface area contributed by atoms with E-state index in [-0.39, 0.29) is 18.6 Å². The molecule has 134 valence electrons. The molecular formula is C16H18BrN3O5. The number of esters is 1. The van der Waals surface area contributed by atoms with Gasteiger partial charge in [0.15, 0.2) is 6.04 Å². The molecule has 0 saturated carbocycles. The molecule has 3 heterocycles. The fraction of sp³-hybridized carbons (Fsp3) is 0.500. The molecule has 0 N–H and O–H groups in total. The molecule has 3 rings (SSSR count). The van der Waals surface area contributed by atoms with Gasteiger partial charge in [0.2, 0.25) is 0 Å². The first-order valence-corrected chi connectivity index (χ1v) is 8.75. The molecule has 2 saturated heterocycles. The smallest absolute Gasteiger partial charge is 0.410 e. The van der Waals surface area contributed by atoms with E-state index in [1.54, 1.807) is 23.1 Å². The summed E-state index contributed by atoms with van der Waals surface area (Å²) < 4.78 is 10.3. The van der Waals surface area contributed by atoms with Gasteiger partial charge in [-0.3, -0.25) is 9.69 Å². The van der Waals surface area contributed by atoms with E-state index < -0.39 is 18.1 Å². The molecule has 25 heavy (non-hydrogen) atoms. The Labute approximate surface area is 153 Å². The highest BCUT2D eigenvalue weighted by atomic mass is 79.9. The third kappa shape index (κ3) is 3.60. The third-order valence-electron chi connectivity index (χ3n) is 4.46. The number of aromatic nitrogens is 1. The number of amides is 2. The van der Waals surface area contributed by atoms with Crippen LogP contribution >= 0.6 is 15.9 Å². The minimum atomic E-state index is -0.712. The van der Waals surface area contributed by atoms with Crippen LogP contribution in [0.4, 0.5) is 4.79 Å². The number of carbonyl (C=O) groups excluding carboxylic acids is 3. The Hall–Kier alpha value is -2.16. The lowest BCUT2D eigenvalue weighted by Crippen LogP contribution is -2.52. The van der Waals surface area contributed by atoms with Crippen molar-refractivity contribution in [2.45, 2.75) is 24.9 Å². The molecule has 0 bridgehead atoms. The van der Waals surface area contributed by atoms with Crippen molar-refractivity contribution in [3.8, 4) is 0 Å². The fourth-order valence-electron chi connectivity index (χ4n) is 3.19. The van der Waals surface area contributed by atoms with Crippen LogP contribution < -0.4 is 0 Å². The van der Waals surface area contributed by atoms with E-state index in [0.717, 1.165) is 0 Å². The van der Waals surface area contributed by atoms with Crippen molar-refractivity contribution in [1.29, 1.82) is 0 Å². The number of methoxy groups -OCH3 is 1. The quantitative estimate of drug-likeness (QED) is 0.552. The maximum Gasteiger partial charge on any atom is 0.410 e. The first-order chi connectivity index (χ1) is 12.0. The summed E-state index contributed by atoms with van der Waals surface area (Å²) in [5, 5.41) is 0. The molecule has 0 aliphatic carbocycles. The minimum absolute atomic E-state index is 0.00656. The Morgan fingerprint density at radius 3 is 2.68 bits per heavy atom. The number of carbonyl (C=O) groups is 3. The Kier molecular flexibility index (Phi) is 5.22. The number of piperidine rings is 1. The number of pyridine rings is 1. The van der Waals surface area contributed by atoms with Crippen molar-refractivity contribution in [2.75, 3.05) is 26.8 Å².